The van der Waals surface area contributed by atoms with E-state index in [1.165, 1.54) is 41.5 Å². The SMILES string of the molecule is c1ccc2c(c1)CCCc1ccccc1-2.c1ccc2nccnc2c1. The Hall–Kier alpha value is -3.00. The van der Waals surface area contributed by atoms with Crippen LogP contribution in [-0.2, 0) is 12.8 Å². The minimum atomic E-state index is 0.949. The van der Waals surface area contributed by atoms with Gasteiger partial charge in [0, 0.05) is 12.4 Å². The molecule has 1 heterocycles. The van der Waals surface area contributed by atoms with E-state index in [9.17, 15) is 0 Å². The molecular weight excluding hydrogens is 304 g/mol. The molecule has 0 aliphatic heterocycles. The molecule has 122 valence electrons. The number of para-hydroxylation sites is 2. The summed E-state index contributed by atoms with van der Waals surface area (Å²) in [6.07, 6.45) is 7.09. The Morgan fingerprint density at radius 2 is 0.960 bits per heavy atom. The molecule has 2 heteroatoms. The summed E-state index contributed by atoms with van der Waals surface area (Å²) in [6, 6.07) is 25.4. The third-order valence-electron chi connectivity index (χ3n) is 4.59. The van der Waals surface area contributed by atoms with Gasteiger partial charge in [-0.3, -0.25) is 9.97 Å². The van der Waals surface area contributed by atoms with Gasteiger partial charge >= 0.3 is 0 Å². The first-order valence-electron chi connectivity index (χ1n) is 8.74. The fourth-order valence-corrected chi connectivity index (χ4v) is 3.38. The molecule has 2 nitrogen and oxygen atoms in total. The van der Waals surface area contributed by atoms with Gasteiger partial charge < -0.3 is 0 Å². The molecule has 0 fully saturated rings. The average molecular weight is 324 g/mol. The van der Waals surface area contributed by atoms with Crippen LogP contribution in [0.25, 0.3) is 22.2 Å². The van der Waals surface area contributed by atoms with Gasteiger partial charge in [-0.05, 0) is 53.6 Å². The average Bonchev–Trinajstić information content (AvgIpc) is 2.88. The zero-order chi connectivity index (χ0) is 16.9. The number of rotatable bonds is 0. The highest BCUT2D eigenvalue weighted by Gasteiger charge is 2.12. The van der Waals surface area contributed by atoms with Crippen LogP contribution in [0.2, 0.25) is 0 Å². The van der Waals surface area contributed by atoms with Crippen molar-refractivity contribution in [3.8, 4) is 11.1 Å². The van der Waals surface area contributed by atoms with Crippen LogP contribution in [0, 0.1) is 0 Å². The van der Waals surface area contributed by atoms with E-state index in [4.69, 9.17) is 0 Å². The lowest BCUT2D eigenvalue weighted by Crippen LogP contribution is -1.86. The van der Waals surface area contributed by atoms with Gasteiger partial charge in [-0.25, -0.2) is 0 Å². The lowest BCUT2D eigenvalue weighted by Gasteiger charge is -2.08. The molecule has 1 aliphatic carbocycles. The molecule has 5 rings (SSSR count). The second-order valence-electron chi connectivity index (χ2n) is 6.21. The summed E-state index contributed by atoms with van der Waals surface area (Å²) in [5.41, 5.74) is 7.77. The Balaban J connectivity index is 0.000000136. The predicted octanol–water partition coefficient (Wildman–Crippen LogP) is 5.47. The van der Waals surface area contributed by atoms with Gasteiger partial charge in [0.15, 0.2) is 0 Å². The topological polar surface area (TPSA) is 25.8 Å². The zero-order valence-corrected chi connectivity index (χ0v) is 14.1. The third-order valence-corrected chi connectivity index (χ3v) is 4.59. The lowest BCUT2D eigenvalue weighted by atomic mass is 9.97. The molecule has 4 aromatic rings. The quantitative estimate of drug-likeness (QED) is 0.428. The second kappa shape index (κ2) is 7.27. The van der Waals surface area contributed by atoms with Gasteiger partial charge in [0.05, 0.1) is 11.0 Å². The van der Waals surface area contributed by atoms with Crippen LogP contribution < -0.4 is 0 Å². The van der Waals surface area contributed by atoms with E-state index in [-0.39, 0.29) is 0 Å². The molecule has 0 radical (unpaired) electrons. The van der Waals surface area contributed by atoms with Crippen molar-refractivity contribution >= 4 is 11.0 Å². The number of aryl methyl sites for hydroxylation is 2. The van der Waals surface area contributed by atoms with Crippen LogP contribution >= 0.6 is 0 Å². The molecular formula is C23H20N2. The molecule has 3 aromatic carbocycles. The van der Waals surface area contributed by atoms with Gasteiger partial charge in [-0.15, -0.1) is 0 Å². The fourth-order valence-electron chi connectivity index (χ4n) is 3.38. The minimum absolute atomic E-state index is 0.949. The van der Waals surface area contributed by atoms with E-state index in [0.29, 0.717) is 0 Å². The van der Waals surface area contributed by atoms with Crippen LogP contribution in [0.3, 0.4) is 0 Å². The predicted molar refractivity (Wildman–Crippen MR) is 103 cm³/mol. The standard InChI is InChI=1S/C15H14.C8H6N2/c1-3-10-14-12(6-1)8-5-9-13-7-2-4-11-15(13)14;1-2-4-8-7(3-1)9-5-6-10-8/h1-4,6-7,10-11H,5,8-9H2;1-6H. The molecule has 25 heavy (non-hydrogen) atoms. The van der Waals surface area contributed by atoms with Gasteiger partial charge in [-0.1, -0.05) is 60.7 Å². The highest BCUT2D eigenvalue weighted by molar-refractivity contribution is 5.73. The van der Waals surface area contributed by atoms with Gasteiger partial charge in [0.1, 0.15) is 0 Å². The van der Waals surface area contributed by atoms with Crippen LogP contribution in [-0.4, -0.2) is 9.97 Å². The summed E-state index contributed by atoms with van der Waals surface area (Å²) in [4.78, 5) is 8.24. The maximum absolute atomic E-state index is 4.12. The Labute approximate surface area is 148 Å². The molecule has 0 atom stereocenters. The largest absolute Gasteiger partial charge is 0.253 e. The maximum Gasteiger partial charge on any atom is 0.0886 e. The first kappa shape index (κ1) is 15.5. The van der Waals surface area contributed by atoms with Gasteiger partial charge in [0.2, 0.25) is 0 Å². The van der Waals surface area contributed by atoms with Crippen molar-refractivity contribution in [2.75, 3.05) is 0 Å². The minimum Gasteiger partial charge on any atom is -0.253 e. The summed E-state index contributed by atoms with van der Waals surface area (Å²) in [5.74, 6) is 0. The maximum atomic E-state index is 4.12. The smallest absolute Gasteiger partial charge is 0.0886 e. The number of aromatic nitrogens is 2. The first-order chi connectivity index (χ1) is 12.4. The molecule has 0 amide bonds. The van der Waals surface area contributed by atoms with E-state index in [1.54, 1.807) is 12.4 Å². The van der Waals surface area contributed by atoms with Crippen molar-refractivity contribution in [3.63, 3.8) is 0 Å². The molecule has 0 N–H and O–H groups in total. The van der Waals surface area contributed by atoms with Crippen LogP contribution in [0.4, 0.5) is 0 Å². The molecule has 1 aromatic heterocycles. The lowest BCUT2D eigenvalue weighted by molar-refractivity contribution is 0.835. The number of hydrogen-bond acceptors (Lipinski definition) is 2. The number of fused-ring (bicyclic) bond motifs is 4. The Morgan fingerprint density at radius 3 is 1.48 bits per heavy atom. The molecule has 0 spiro atoms. The molecule has 1 aliphatic rings. The normalized spacial score (nSPS) is 12.3. The summed E-state index contributed by atoms with van der Waals surface area (Å²) in [6.45, 7) is 0. The molecule has 0 unspecified atom stereocenters. The number of benzene rings is 3. The van der Waals surface area contributed by atoms with Crippen molar-refractivity contribution in [2.24, 2.45) is 0 Å². The van der Waals surface area contributed by atoms with Crippen LogP contribution in [0.5, 0.6) is 0 Å². The Kier molecular flexibility index (Phi) is 4.51. The van der Waals surface area contributed by atoms with E-state index in [2.05, 4.69) is 58.5 Å². The summed E-state index contributed by atoms with van der Waals surface area (Å²) in [7, 11) is 0. The van der Waals surface area contributed by atoms with Crippen molar-refractivity contribution in [3.05, 3.63) is 96.3 Å². The number of nitrogens with zero attached hydrogens (tertiary/aromatic N) is 2. The summed E-state index contributed by atoms with van der Waals surface area (Å²) < 4.78 is 0. The third kappa shape index (κ3) is 3.43. The van der Waals surface area contributed by atoms with Crippen LogP contribution in [0.15, 0.2) is 85.2 Å². The first-order valence-corrected chi connectivity index (χ1v) is 8.74. The van der Waals surface area contributed by atoms with Crippen LogP contribution in [0.1, 0.15) is 17.5 Å². The molecule has 0 bridgehead atoms. The van der Waals surface area contributed by atoms with E-state index >= 15 is 0 Å². The van der Waals surface area contributed by atoms with Gasteiger partial charge in [-0.2, -0.15) is 0 Å². The molecule has 0 saturated carbocycles. The Bertz CT molecular complexity index is 881. The fraction of sp³-hybridized carbons (Fsp3) is 0.130. The Morgan fingerprint density at radius 1 is 0.520 bits per heavy atom. The summed E-state index contributed by atoms with van der Waals surface area (Å²) >= 11 is 0. The van der Waals surface area contributed by atoms with E-state index < -0.39 is 0 Å². The highest BCUT2D eigenvalue weighted by Crippen LogP contribution is 2.31. The highest BCUT2D eigenvalue weighted by atomic mass is 14.8. The van der Waals surface area contributed by atoms with Crippen molar-refractivity contribution in [1.29, 1.82) is 0 Å². The second-order valence-corrected chi connectivity index (χ2v) is 6.21. The van der Waals surface area contributed by atoms with Crippen molar-refractivity contribution in [2.45, 2.75) is 19.3 Å². The zero-order valence-electron chi connectivity index (χ0n) is 14.1. The van der Waals surface area contributed by atoms with Crippen molar-refractivity contribution in [1.82, 2.24) is 9.97 Å². The van der Waals surface area contributed by atoms with E-state index in [0.717, 1.165) is 11.0 Å². The summed E-state index contributed by atoms with van der Waals surface area (Å²) in [5, 5.41) is 0. The number of hydrogen-bond donors (Lipinski definition) is 0. The monoisotopic (exact) mass is 324 g/mol. The van der Waals surface area contributed by atoms with E-state index in [1.807, 2.05) is 24.3 Å². The van der Waals surface area contributed by atoms with Gasteiger partial charge in [0.25, 0.3) is 0 Å². The van der Waals surface area contributed by atoms with Crippen molar-refractivity contribution < 1.29 is 0 Å². The molecule has 0 saturated heterocycles.